The van der Waals surface area contributed by atoms with Crippen LogP contribution in [0.2, 0.25) is 0 Å². The monoisotopic (exact) mass is 490 g/mol. The average Bonchev–Trinajstić information content (AvgIpc) is 2.73. The molecule has 9 atom stereocenters. The molecule has 0 aromatic carbocycles. The second kappa shape index (κ2) is 12.7. The number of phosphoric ester groups is 1. The summed E-state index contributed by atoms with van der Waals surface area (Å²) in [5.74, 6) is -1.28. The normalized spacial score (nSPS) is 31.9. The van der Waals surface area contributed by atoms with Gasteiger partial charge in [0.1, 0.15) is 42.7 Å². The number of hydrogen-bond acceptors (Lipinski definition) is 13. The Balaban J connectivity index is 2.91. The van der Waals surface area contributed by atoms with Gasteiger partial charge in [0, 0.05) is 6.54 Å². The van der Waals surface area contributed by atoms with E-state index in [0.29, 0.717) is 0 Å². The molecule has 0 amide bonds. The van der Waals surface area contributed by atoms with Gasteiger partial charge in [-0.1, -0.05) is 0 Å². The van der Waals surface area contributed by atoms with Crippen molar-refractivity contribution in [2.45, 2.75) is 61.6 Å². The van der Waals surface area contributed by atoms with E-state index in [4.69, 9.17) is 31.6 Å². The van der Waals surface area contributed by atoms with Crippen LogP contribution in [0.5, 0.6) is 0 Å². The van der Waals surface area contributed by atoms with Gasteiger partial charge in [-0.15, -0.1) is 0 Å². The second-order valence-electron chi connectivity index (χ2n) is 7.09. The lowest BCUT2D eigenvalue weighted by Gasteiger charge is -2.43. The number of rotatable bonds is 12. The first-order valence-corrected chi connectivity index (χ1v) is 11.0. The van der Waals surface area contributed by atoms with E-state index in [1.54, 1.807) is 0 Å². The number of nitrogens with zero attached hydrogens (tertiary/aromatic N) is 1. The summed E-state index contributed by atoms with van der Waals surface area (Å²) in [5.41, 5.74) is 16.0. The SMILES string of the molecule is NC(N)=NCCC[C@H](N)C(=O)O[C@H]1[C@@H](O)[C@H](O)[C@@H](O)[C@H](O)[C@H]1OP(=O)(O)OCC(O)CO. The molecule has 0 aromatic rings. The van der Waals surface area contributed by atoms with Crippen LogP contribution in [0.25, 0.3) is 0 Å². The van der Waals surface area contributed by atoms with Gasteiger partial charge in [0.15, 0.2) is 12.1 Å². The first-order valence-electron chi connectivity index (χ1n) is 9.49. The highest BCUT2D eigenvalue weighted by Crippen LogP contribution is 2.47. The third-order valence-corrected chi connectivity index (χ3v) is 5.45. The van der Waals surface area contributed by atoms with E-state index in [2.05, 4.69) is 9.52 Å². The van der Waals surface area contributed by atoms with Crippen molar-refractivity contribution in [3.63, 3.8) is 0 Å². The maximum Gasteiger partial charge on any atom is 0.472 e. The van der Waals surface area contributed by atoms with Crippen LogP contribution in [0.15, 0.2) is 4.99 Å². The van der Waals surface area contributed by atoms with Gasteiger partial charge in [-0.05, 0) is 12.8 Å². The molecular weight excluding hydrogens is 459 g/mol. The Labute approximate surface area is 182 Å². The number of aliphatic hydroxyl groups is 6. The summed E-state index contributed by atoms with van der Waals surface area (Å²) in [6.45, 7) is -1.47. The van der Waals surface area contributed by atoms with Crippen LogP contribution < -0.4 is 17.2 Å². The third kappa shape index (κ3) is 8.49. The van der Waals surface area contributed by atoms with E-state index in [-0.39, 0.29) is 25.3 Å². The predicted octanol–water partition coefficient (Wildman–Crippen LogP) is -5.41. The number of guanidine groups is 1. The summed E-state index contributed by atoms with van der Waals surface area (Å²) in [7, 11) is -5.07. The van der Waals surface area contributed by atoms with Gasteiger partial charge in [-0.2, -0.15) is 0 Å². The first-order chi connectivity index (χ1) is 14.8. The fraction of sp³-hybridized carbons (Fsp3) is 0.867. The zero-order valence-corrected chi connectivity index (χ0v) is 17.8. The molecule has 17 heteroatoms. The Morgan fingerprint density at radius 2 is 1.62 bits per heavy atom. The molecule has 188 valence electrons. The largest absolute Gasteiger partial charge is 0.472 e. The van der Waals surface area contributed by atoms with Crippen LogP contribution in [0.3, 0.4) is 0 Å². The Morgan fingerprint density at radius 3 is 2.16 bits per heavy atom. The lowest BCUT2D eigenvalue weighted by atomic mass is 9.85. The summed E-state index contributed by atoms with van der Waals surface area (Å²) in [4.78, 5) is 25.8. The number of aliphatic hydroxyl groups excluding tert-OH is 6. The number of ether oxygens (including phenoxy) is 1. The van der Waals surface area contributed by atoms with Gasteiger partial charge in [-0.3, -0.25) is 18.8 Å². The lowest BCUT2D eigenvalue weighted by molar-refractivity contribution is -0.231. The minimum atomic E-state index is -5.07. The minimum Gasteiger partial charge on any atom is -0.455 e. The van der Waals surface area contributed by atoms with Crippen molar-refractivity contribution < 1.29 is 58.7 Å². The zero-order valence-electron chi connectivity index (χ0n) is 17.0. The zero-order chi connectivity index (χ0) is 24.6. The van der Waals surface area contributed by atoms with E-state index in [0.717, 1.165) is 0 Å². The van der Waals surface area contributed by atoms with E-state index >= 15 is 0 Å². The maximum absolute atomic E-state index is 12.3. The van der Waals surface area contributed by atoms with Crippen LogP contribution >= 0.6 is 7.82 Å². The predicted molar refractivity (Wildman–Crippen MR) is 106 cm³/mol. The second-order valence-corrected chi connectivity index (χ2v) is 8.50. The summed E-state index contributed by atoms with van der Waals surface area (Å²) in [5, 5.41) is 58.1. The Kier molecular flexibility index (Phi) is 11.4. The van der Waals surface area contributed by atoms with Crippen molar-refractivity contribution >= 4 is 19.8 Å². The molecule has 0 bridgehead atoms. The molecule has 1 fully saturated rings. The molecule has 1 saturated carbocycles. The molecule has 0 heterocycles. The van der Waals surface area contributed by atoms with Gasteiger partial charge < -0.3 is 57.5 Å². The third-order valence-electron chi connectivity index (χ3n) is 4.47. The van der Waals surface area contributed by atoms with E-state index in [9.17, 15) is 39.8 Å². The number of esters is 1. The molecule has 32 heavy (non-hydrogen) atoms. The van der Waals surface area contributed by atoms with Gasteiger partial charge in [0.2, 0.25) is 0 Å². The van der Waals surface area contributed by atoms with E-state index < -0.39 is 75.8 Å². The topological polar surface area (TPSA) is 294 Å². The van der Waals surface area contributed by atoms with Crippen molar-refractivity contribution in [1.82, 2.24) is 0 Å². The molecule has 1 rings (SSSR count). The standard InChI is InChI=1S/C15H31N4O12P/c16-7(2-1-3-19-15(17)18)14(26)30-12-10(24)8(22)9(23)11(25)13(12)31-32(27,28)29-5-6(21)4-20/h6-13,20-25H,1-5,16H2,(H,27,28)(H4,17,18,19)/t6?,7-,8+,9+,10-,11-,12-,13+/m0/s1. The molecule has 0 aliphatic heterocycles. The maximum atomic E-state index is 12.3. The summed E-state index contributed by atoms with van der Waals surface area (Å²) < 4.78 is 26.3. The van der Waals surface area contributed by atoms with Gasteiger partial charge in [0.25, 0.3) is 0 Å². The number of carbonyl (C=O) groups is 1. The lowest BCUT2D eigenvalue weighted by Crippen LogP contribution is -2.65. The number of hydrogen-bond donors (Lipinski definition) is 10. The Hall–Kier alpha value is -1.43. The molecule has 2 unspecified atom stereocenters. The van der Waals surface area contributed by atoms with Crippen LogP contribution in [0, 0.1) is 0 Å². The summed E-state index contributed by atoms with van der Waals surface area (Å²) >= 11 is 0. The first kappa shape index (κ1) is 28.6. The van der Waals surface area contributed by atoms with Crippen molar-refractivity contribution in [2.75, 3.05) is 19.8 Å². The van der Waals surface area contributed by atoms with Crippen molar-refractivity contribution in [3.05, 3.63) is 0 Å². The van der Waals surface area contributed by atoms with Crippen molar-refractivity contribution in [3.8, 4) is 0 Å². The Morgan fingerprint density at radius 1 is 1.06 bits per heavy atom. The number of aliphatic imine (C=N–C) groups is 1. The van der Waals surface area contributed by atoms with Crippen molar-refractivity contribution in [1.29, 1.82) is 0 Å². The number of nitrogens with two attached hydrogens (primary N) is 3. The summed E-state index contributed by atoms with van der Waals surface area (Å²) in [6, 6.07) is -1.25. The van der Waals surface area contributed by atoms with Crippen LogP contribution in [-0.2, 0) is 23.1 Å². The fourth-order valence-corrected chi connectivity index (χ4v) is 3.69. The van der Waals surface area contributed by atoms with Gasteiger partial charge in [-0.25, -0.2) is 4.57 Å². The van der Waals surface area contributed by atoms with Gasteiger partial charge >= 0.3 is 13.8 Å². The molecule has 0 aromatic heterocycles. The fourth-order valence-electron chi connectivity index (χ4n) is 2.72. The highest BCUT2D eigenvalue weighted by Gasteiger charge is 2.54. The molecular formula is C15H31N4O12P. The number of phosphoric acid groups is 1. The Bertz CT molecular complexity index is 681. The quantitative estimate of drug-likeness (QED) is 0.0401. The average molecular weight is 490 g/mol. The smallest absolute Gasteiger partial charge is 0.455 e. The van der Waals surface area contributed by atoms with Crippen LogP contribution in [-0.4, -0.2) is 116 Å². The number of carbonyl (C=O) groups excluding carboxylic acids is 1. The molecule has 13 N–H and O–H groups in total. The van der Waals surface area contributed by atoms with Crippen molar-refractivity contribution in [2.24, 2.45) is 22.2 Å². The molecule has 0 spiro atoms. The van der Waals surface area contributed by atoms with Crippen LogP contribution in [0.1, 0.15) is 12.8 Å². The molecule has 16 nitrogen and oxygen atoms in total. The van der Waals surface area contributed by atoms with E-state index in [1.165, 1.54) is 0 Å². The molecule has 1 aliphatic carbocycles. The van der Waals surface area contributed by atoms with E-state index in [1.807, 2.05) is 0 Å². The minimum absolute atomic E-state index is 0.0400. The molecule has 0 saturated heterocycles. The highest BCUT2D eigenvalue weighted by molar-refractivity contribution is 7.47. The molecule has 1 aliphatic rings. The highest BCUT2D eigenvalue weighted by atomic mass is 31.2. The van der Waals surface area contributed by atoms with Gasteiger partial charge in [0.05, 0.1) is 13.2 Å². The van der Waals surface area contributed by atoms with Crippen LogP contribution in [0.4, 0.5) is 0 Å². The summed E-state index contributed by atoms with van der Waals surface area (Å²) in [6.07, 6.45) is -13.4. The molecule has 0 radical (unpaired) electrons.